The predicted molar refractivity (Wildman–Crippen MR) is 146 cm³/mol. The second kappa shape index (κ2) is 13.5. The monoisotopic (exact) mass is 558 g/mol. The smallest absolute Gasteiger partial charge is 0.410 e. The summed E-state index contributed by atoms with van der Waals surface area (Å²) in [6.45, 7) is 7.62. The van der Waals surface area contributed by atoms with Crippen LogP contribution in [-0.4, -0.2) is 65.9 Å². The van der Waals surface area contributed by atoms with Crippen LogP contribution in [0.25, 0.3) is 0 Å². The van der Waals surface area contributed by atoms with Gasteiger partial charge in [-0.3, -0.25) is 4.79 Å². The highest BCUT2D eigenvalue weighted by molar-refractivity contribution is 5.79. The minimum absolute atomic E-state index is 0.0758. The Morgan fingerprint density at radius 3 is 2.40 bits per heavy atom. The van der Waals surface area contributed by atoms with E-state index in [1.165, 1.54) is 18.2 Å². The molecule has 0 bridgehead atoms. The maximum atomic E-state index is 13.8. The van der Waals surface area contributed by atoms with E-state index >= 15 is 0 Å². The largest absolute Gasteiger partial charge is 0.444 e. The maximum absolute atomic E-state index is 13.8. The van der Waals surface area contributed by atoms with Gasteiger partial charge in [-0.05, 0) is 70.2 Å². The van der Waals surface area contributed by atoms with Crippen LogP contribution in [0, 0.1) is 17.6 Å². The minimum Gasteiger partial charge on any atom is -0.444 e. The number of carbonyl (C=O) groups is 2. The first-order valence-corrected chi connectivity index (χ1v) is 14.0. The van der Waals surface area contributed by atoms with E-state index in [9.17, 15) is 18.4 Å². The number of rotatable bonds is 8. The average Bonchev–Trinajstić information content (AvgIpc) is 2.93. The summed E-state index contributed by atoms with van der Waals surface area (Å²) in [5.41, 5.74) is 0.668. The van der Waals surface area contributed by atoms with Crippen molar-refractivity contribution in [1.29, 1.82) is 0 Å². The van der Waals surface area contributed by atoms with Gasteiger partial charge in [0.25, 0.3) is 0 Å². The molecule has 0 aromatic heterocycles. The summed E-state index contributed by atoms with van der Waals surface area (Å²) in [5.74, 6) is -0.653. The van der Waals surface area contributed by atoms with Crippen LogP contribution in [0.15, 0.2) is 48.5 Å². The Balaban J connectivity index is 1.30. The lowest BCUT2D eigenvalue weighted by molar-refractivity contribution is -0.147. The number of carbonyl (C=O) groups excluding carboxylic acids is 2. The summed E-state index contributed by atoms with van der Waals surface area (Å²) in [7, 11) is 0. The Kier molecular flexibility index (Phi) is 10.1. The third-order valence-corrected chi connectivity index (χ3v) is 7.35. The fourth-order valence-corrected chi connectivity index (χ4v) is 5.28. The Hall–Kier alpha value is -3.04. The Labute approximate surface area is 235 Å². The van der Waals surface area contributed by atoms with Gasteiger partial charge in [0.2, 0.25) is 5.91 Å². The number of benzene rings is 2. The molecular weight excluding hydrogens is 518 g/mol. The first kappa shape index (κ1) is 29.9. The van der Waals surface area contributed by atoms with Crippen molar-refractivity contribution in [1.82, 2.24) is 9.80 Å². The van der Waals surface area contributed by atoms with Crippen LogP contribution >= 0.6 is 0 Å². The predicted octanol–water partition coefficient (Wildman–Crippen LogP) is 5.70. The van der Waals surface area contributed by atoms with Crippen LogP contribution < -0.4 is 0 Å². The van der Waals surface area contributed by atoms with Gasteiger partial charge in [0.05, 0.1) is 25.9 Å². The molecule has 2 fully saturated rings. The Morgan fingerprint density at radius 1 is 1.02 bits per heavy atom. The van der Waals surface area contributed by atoms with E-state index in [-0.39, 0.29) is 48.8 Å². The van der Waals surface area contributed by atoms with Crippen molar-refractivity contribution in [2.24, 2.45) is 5.92 Å². The minimum atomic E-state index is -0.642. The molecule has 218 valence electrons. The van der Waals surface area contributed by atoms with Crippen molar-refractivity contribution in [2.45, 2.75) is 77.4 Å². The molecule has 0 N–H and O–H groups in total. The first-order valence-electron chi connectivity index (χ1n) is 14.0. The number of ether oxygens (including phenoxy) is 3. The van der Waals surface area contributed by atoms with E-state index in [2.05, 4.69) is 0 Å². The van der Waals surface area contributed by atoms with Crippen LogP contribution in [0.3, 0.4) is 0 Å². The number of hydrogen-bond donors (Lipinski definition) is 0. The van der Waals surface area contributed by atoms with Crippen molar-refractivity contribution in [3.8, 4) is 0 Å². The first-order chi connectivity index (χ1) is 19.1. The SMILES string of the molecule is CC(C)(C)OC(=O)N(Cc1ccc(F)cc1)C1CCC(C(=O)N2CCO[C@@H](COCc3ccccc3F)C2)CC1. The number of amides is 2. The van der Waals surface area contributed by atoms with E-state index in [0.29, 0.717) is 57.5 Å². The van der Waals surface area contributed by atoms with Gasteiger partial charge in [0, 0.05) is 37.2 Å². The highest BCUT2D eigenvalue weighted by Gasteiger charge is 2.36. The molecule has 1 aliphatic carbocycles. The van der Waals surface area contributed by atoms with Crippen LogP contribution in [0.5, 0.6) is 0 Å². The number of hydrogen-bond acceptors (Lipinski definition) is 5. The van der Waals surface area contributed by atoms with Gasteiger partial charge < -0.3 is 24.0 Å². The molecule has 1 heterocycles. The van der Waals surface area contributed by atoms with Gasteiger partial charge in [0.15, 0.2) is 0 Å². The van der Waals surface area contributed by atoms with Gasteiger partial charge in [0.1, 0.15) is 17.2 Å². The quantitative estimate of drug-likeness (QED) is 0.416. The standard InChI is InChI=1S/C31H40F2N2O5/c1-31(2,3)40-30(37)35(18-22-8-12-25(32)13-9-22)26-14-10-23(11-15-26)29(36)34-16-17-39-27(19-34)21-38-20-24-6-4-5-7-28(24)33/h4-9,12-13,23,26-27H,10-11,14-21H2,1-3H3/t23?,26?,27-/m1/s1. The number of halogens is 2. The molecule has 1 aliphatic heterocycles. The van der Waals surface area contributed by atoms with E-state index < -0.39 is 11.7 Å². The molecule has 40 heavy (non-hydrogen) atoms. The third-order valence-electron chi connectivity index (χ3n) is 7.35. The van der Waals surface area contributed by atoms with Crippen LogP contribution in [0.4, 0.5) is 13.6 Å². The maximum Gasteiger partial charge on any atom is 0.410 e. The summed E-state index contributed by atoms with van der Waals surface area (Å²) >= 11 is 0. The molecule has 9 heteroatoms. The lowest BCUT2D eigenvalue weighted by Crippen LogP contribution is -2.50. The summed E-state index contributed by atoms with van der Waals surface area (Å²) in [4.78, 5) is 30.1. The fraction of sp³-hybridized carbons (Fsp3) is 0.548. The molecule has 2 aliphatic rings. The highest BCUT2D eigenvalue weighted by atomic mass is 19.1. The molecule has 0 radical (unpaired) electrons. The zero-order valence-electron chi connectivity index (χ0n) is 23.6. The Bertz CT molecular complexity index is 1130. The second-order valence-corrected chi connectivity index (χ2v) is 11.6. The van der Waals surface area contributed by atoms with Crippen LogP contribution in [0.2, 0.25) is 0 Å². The number of morpholine rings is 1. The molecular formula is C31H40F2N2O5. The lowest BCUT2D eigenvalue weighted by Gasteiger charge is -2.39. The topological polar surface area (TPSA) is 68.3 Å². The summed E-state index contributed by atoms with van der Waals surface area (Å²) < 4.78 is 44.5. The zero-order chi connectivity index (χ0) is 28.7. The Morgan fingerprint density at radius 2 is 1.73 bits per heavy atom. The van der Waals surface area contributed by atoms with Gasteiger partial charge >= 0.3 is 6.09 Å². The average molecular weight is 559 g/mol. The van der Waals surface area contributed by atoms with Crippen molar-refractivity contribution >= 4 is 12.0 Å². The van der Waals surface area contributed by atoms with Crippen molar-refractivity contribution in [3.05, 3.63) is 71.3 Å². The molecule has 1 saturated heterocycles. The summed E-state index contributed by atoms with van der Waals surface area (Å²) in [5, 5.41) is 0. The molecule has 1 saturated carbocycles. The van der Waals surface area contributed by atoms with Crippen molar-refractivity contribution in [3.63, 3.8) is 0 Å². The third kappa shape index (κ3) is 8.48. The molecule has 2 aromatic carbocycles. The highest BCUT2D eigenvalue weighted by Crippen LogP contribution is 2.31. The molecule has 7 nitrogen and oxygen atoms in total. The van der Waals surface area contributed by atoms with E-state index in [4.69, 9.17) is 14.2 Å². The van der Waals surface area contributed by atoms with Gasteiger partial charge in [-0.25, -0.2) is 13.6 Å². The van der Waals surface area contributed by atoms with Crippen molar-refractivity contribution < 1.29 is 32.6 Å². The molecule has 0 unspecified atom stereocenters. The van der Waals surface area contributed by atoms with Crippen LogP contribution in [-0.2, 0) is 32.2 Å². The zero-order valence-corrected chi connectivity index (χ0v) is 23.6. The van der Waals surface area contributed by atoms with E-state index in [0.717, 1.165) is 5.56 Å². The molecule has 4 rings (SSSR count). The molecule has 1 atom stereocenters. The normalized spacial score (nSPS) is 21.6. The van der Waals surface area contributed by atoms with E-state index in [1.54, 1.807) is 35.2 Å². The molecule has 2 aromatic rings. The van der Waals surface area contributed by atoms with Crippen LogP contribution in [0.1, 0.15) is 57.6 Å². The number of nitrogens with zero attached hydrogens (tertiary/aromatic N) is 2. The fourth-order valence-electron chi connectivity index (χ4n) is 5.28. The summed E-state index contributed by atoms with van der Waals surface area (Å²) in [6.07, 6.45) is 2.01. The molecule has 2 amide bonds. The molecule has 0 spiro atoms. The second-order valence-electron chi connectivity index (χ2n) is 11.6. The van der Waals surface area contributed by atoms with Gasteiger partial charge in [-0.1, -0.05) is 30.3 Å². The van der Waals surface area contributed by atoms with Crippen molar-refractivity contribution in [2.75, 3.05) is 26.3 Å². The van der Waals surface area contributed by atoms with Gasteiger partial charge in [-0.15, -0.1) is 0 Å². The van der Waals surface area contributed by atoms with E-state index in [1.807, 2.05) is 25.7 Å². The lowest BCUT2D eigenvalue weighted by atomic mass is 9.84. The van der Waals surface area contributed by atoms with Gasteiger partial charge in [-0.2, -0.15) is 0 Å². The summed E-state index contributed by atoms with van der Waals surface area (Å²) in [6, 6.07) is 12.6.